The number of halogens is 1. The zero-order valence-corrected chi connectivity index (χ0v) is 15.3. The molecule has 0 radical (unpaired) electrons. The minimum atomic E-state index is -0.245. The van der Waals surface area contributed by atoms with Crippen molar-refractivity contribution in [3.63, 3.8) is 0 Å². The lowest BCUT2D eigenvalue weighted by molar-refractivity contribution is 0.0945. The average molecular weight is 367 g/mol. The molecule has 5 nitrogen and oxygen atoms in total. The van der Waals surface area contributed by atoms with E-state index < -0.39 is 0 Å². The molecule has 2 aromatic carbocycles. The van der Waals surface area contributed by atoms with E-state index in [2.05, 4.69) is 20.6 Å². The number of hydrogen-bond acceptors (Lipinski definition) is 4. The number of aryl methyl sites for hydroxylation is 2. The van der Waals surface area contributed by atoms with Crippen LogP contribution in [0.3, 0.4) is 0 Å². The van der Waals surface area contributed by atoms with Crippen LogP contribution in [-0.2, 0) is 6.54 Å². The second-order valence-corrected chi connectivity index (χ2v) is 6.37. The van der Waals surface area contributed by atoms with Crippen molar-refractivity contribution >= 4 is 29.0 Å². The topological polar surface area (TPSA) is 66.9 Å². The molecule has 26 heavy (non-hydrogen) atoms. The van der Waals surface area contributed by atoms with Crippen LogP contribution in [0.2, 0.25) is 5.02 Å². The van der Waals surface area contributed by atoms with Crippen molar-refractivity contribution in [3.8, 4) is 0 Å². The number of anilines is 2. The fourth-order valence-electron chi connectivity index (χ4n) is 2.48. The summed E-state index contributed by atoms with van der Waals surface area (Å²) in [5, 5.41) is 6.71. The highest BCUT2D eigenvalue weighted by molar-refractivity contribution is 6.30. The molecule has 0 saturated heterocycles. The van der Waals surface area contributed by atoms with Gasteiger partial charge in [-0.3, -0.25) is 4.79 Å². The molecule has 0 bridgehead atoms. The van der Waals surface area contributed by atoms with Gasteiger partial charge in [-0.05, 0) is 37.1 Å². The van der Waals surface area contributed by atoms with Crippen molar-refractivity contribution in [1.82, 2.24) is 15.3 Å². The monoisotopic (exact) mass is 366 g/mol. The molecule has 0 aliphatic heterocycles. The van der Waals surface area contributed by atoms with Crippen LogP contribution in [0, 0.1) is 13.8 Å². The normalized spacial score (nSPS) is 10.4. The van der Waals surface area contributed by atoms with Crippen LogP contribution in [0.25, 0.3) is 0 Å². The Morgan fingerprint density at radius 1 is 1.04 bits per heavy atom. The highest BCUT2D eigenvalue weighted by Crippen LogP contribution is 2.23. The summed E-state index contributed by atoms with van der Waals surface area (Å²) < 4.78 is 0. The molecule has 0 saturated carbocycles. The van der Waals surface area contributed by atoms with Crippen molar-refractivity contribution in [3.05, 3.63) is 82.3 Å². The number of benzene rings is 2. The number of amides is 1. The fourth-order valence-corrected chi connectivity index (χ4v) is 2.66. The lowest BCUT2D eigenvalue weighted by Crippen LogP contribution is -2.24. The highest BCUT2D eigenvalue weighted by Gasteiger charge is 2.11. The first-order chi connectivity index (χ1) is 12.5. The molecular weight excluding hydrogens is 348 g/mol. The van der Waals surface area contributed by atoms with Gasteiger partial charge in [-0.25, -0.2) is 9.97 Å². The third-order valence-electron chi connectivity index (χ3n) is 3.83. The van der Waals surface area contributed by atoms with Gasteiger partial charge in [-0.2, -0.15) is 0 Å². The fraction of sp³-hybridized carbons (Fsp3) is 0.150. The quantitative estimate of drug-likeness (QED) is 0.701. The Labute approximate surface area is 157 Å². The van der Waals surface area contributed by atoms with Gasteiger partial charge in [-0.15, -0.1) is 0 Å². The minimum Gasteiger partial charge on any atom is -0.347 e. The SMILES string of the molecule is Cc1nc(Nc2cc(Cl)ccc2C)cc(C(=O)NCc2ccccc2)n1. The lowest BCUT2D eigenvalue weighted by atomic mass is 10.2. The van der Waals surface area contributed by atoms with Gasteiger partial charge >= 0.3 is 0 Å². The van der Waals surface area contributed by atoms with Gasteiger partial charge in [0.15, 0.2) is 0 Å². The second kappa shape index (κ2) is 7.97. The van der Waals surface area contributed by atoms with E-state index in [1.165, 1.54) is 0 Å². The molecule has 3 aromatic rings. The van der Waals surface area contributed by atoms with E-state index in [-0.39, 0.29) is 5.91 Å². The van der Waals surface area contributed by atoms with Crippen molar-refractivity contribution in [1.29, 1.82) is 0 Å². The molecular formula is C20H19ClN4O. The van der Waals surface area contributed by atoms with Gasteiger partial charge in [0.1, 0.15) is 17.3 Å². The summed E-state index contributed by atoms with van der Waals surface area (Å²) in [5.74, 6) is 0.817. The van der Waals surface area contributed by atoms with Crippen LogP contribution in [0.5, 0.6) is 0 Å². The summed E-state index contributed by atoms with van der Waals surface area (Å²) in [5.41, 5.74) is 3.21. The Hall–Kier alpha value is -2.92. The first-order valence-electron chi connectivity index (χ1n) is 8.22. The van der Waals surface area contributed by atoms with E-state index in [9.17, 15) is 4.79 Å². The largest absolute Gasteiger partial charge is 0.347 e. The molecule has 1 amide bonds. The summed E-state index contributed by atoms with van der Waals surface area (Å²) in [6.45, 7) is 4.17. The van der Waals surface area contributed by atoms with Crippen LogP contribution in [0.15, 0.2) is 54.6 Å². The zero-order valence-electron chi connectivity index (χ0n) is 14.6. The van der Waals surface area contributed by atoms with Crippen molar-refractivity contribution in [2.75, 3.05) is 5.32 Å². The van der Waals surface area contributed by atoms with E-state index in [0.29, 0.717) is 28.9 Å². The third-order valence-corrected chi connectivity index (χ3v) is 4.06. The van der Waals surface area contributed by atoms with Gasteiger partial charge in [0.2, 0.25) is 0 Å². The van der Waals surface area contributed by atoms with Crippen molar-refractivity contribution in [2.45, 2.75) is 20.4 Å². The Morgan fingerprint density at radius 3 is 2.58 bits per heavy atom. The molecule has 0 aliphatic rings. The molecule has 1 aromatic heterocycles. The van der Waals surface area contributed by atoms with Gasteiger partial charge < -0.3 is 10.6 Å². The molecule has 0 fully saturated rings. The van der Waals surface area contributed by atoms with E-state index >= 15 is 0 Å². The maximum absolute atomic E-state index is 12.4. The number of rotatable bonds is 5. The summed E-state index contributed by atoms with van der Waals surface area (Å²) >= 11 is 6.06. The molecule has 1 heterocycles. The van der Waals surface area contributed by atoms with Gasteiger partial charge in [0.25, 0.3) is 5.91 Å². The third kappa shape index (κ3) is 4.58. The lowest BCUT2D eigenvalue weighted by Gasteiger charge is -2.11. The van der Waals surface area contributed by atoms with Gasteiger partial charge in [-0.1, -0.05) is 48.0 Å². The van der Waals surface area contributed by atoms with E-state index in [1.807, 2.05) is 55.5 Å². The van der Waals surface area contributed by atoms with Crippen LogP contribution in [-0.4, -0.2) is 15.9 Å². The summed E-state index contributed by atoms with van der Waals surface area (Å²) in [6, 6.07) is 16.9. The zero-order chi connectivity index (χ0) is 18.5. The molecule has 0 spiro atoms. The number of carbonyl (C=O) groups is 1. The number of hydrogen-bond donors (Lipinski definition) is 2. The average Bonchev–Trinajstić information content (AvgIpc) is 2.63. The Morgan fingerprint density at radius 2 is 1.81 bits per heavy atom. The van der Waals surface area contributed by atoms with Crippen LogP contribution < -0.4 is 10.6 Å². The summed E-state index contributed by atoms with van der Waals surface area (Å²) in [7, 11) is 0. The number of aromatic nitrogens is 2. The number of carbonyl (C=O) groups excluding carboxylic acids is 1. The molecule has 0 aliphatic carbocycles. The first-order valence-corrected chi connectivity index (χ1v) is 8.60. The Kier molecular flexibility index (Phi) is 5.49. The van der Waals surface area contributed by atoms with Crippen molar-refractivity contribution in [2.24, 2.45) is 0 Å². The predicted molar refractivity (Wildman–Crippen MR) is 104 cm³/mol. The molecule has 0 unspecified atom stereocenters. The van der Waals surface area contributed by atoms with Crippen molar-refractivity contribution < 1.29 is 4.79 Å². The highest BCUT2D eigenvalue weighted by atomic mass is 35.5. The first kappa shape index (κ1) is 17.9. The summed E-state index contributed by atoms with van der Waals surface area (Å²) in [6.07, 6.45) is 0. The standard InChI is InChI=1S/C20H19ClN4O/c1-13-8-9-16(21)10-17(13)25-19-11-18(23-14(2)24-19)20(26)22-12-15-6-4-3-5-7-15/h3-11H,12H2,1-2H3,(H,22,26)(H,23,24,25). The second-order valence-electron chi connectivity index (χ2n) is 5.94. The molecule has 2 N–H and O–H groups in total. The van der Waals surface area contributed by atoms with E-state index in [4.69, 9.17) is 11.6 Å². The Balaban J connectivity index is 1.76. The summed E-state index contributed by atoms with van der Waals surface area (Å²) in [4.78, 5) is 21.0. The molecule has 3 rings (SSSR count). The molecule has 132 valence electrons. The van der Waals surface area contributed by atoms with Gasteiger partial charge in [0.05, 0.1) is 0 Å². The van der Waals surface area contributed by atoms with Crippen LogP contribution >= 0.6 is 11.6 Å². The minimum absolute atomic E-state index is 0.245. The number of nitrogens with one attached hydrogen (secondary N) is 2. The smallest absolute Gasteiger partial charge is 0.270 e. The maximum Gasteiger partial charge on any atom is 0.270 e. The maximum atomic E-state index is 12.4. The van der Waals surface area contributed by atoms with Gasteiger partial charge in [0, 0.05) is 23.3 Å². The molecule has 0 atom stereocenters. The van der Waals surface area contributed by atoms with Crippen LogP contribution in [0.1, 0.15) is 27.4 Å². The van der Waals surface area contributed by atoms with E-state index in [1.54, 1.807) is 13.0 Å². The predicted octanol–water partition coefficient (Wildman–Crippen LogP) is 4.42. The van der Waals surface area contributed by atoms with E-state index in [0.717, 1.165) is 16.8 Å². The molecule has 6 heteroatoms. The van der Waals surface area contributed by atoms with Crippen LogP contribution in [0.4, 0.5) is 11.5 Å². The Bertz CT molecular complexity index is 928. The number of nitrogens with zero attached hydrogens (tertiary/aromatic N) is 2.